The Morgan fingerprint density at radius 3 is 1.29 bits per heavy atom. The van der Waals surface area contributed by atoms with Crippen LogP contribution < -0.4 is 9.44 Å². The van der Waals surface area contributed by atoms with E-state index in [-0.39, 0.29) is 37.7 Å². The lowest BCUT2D eigenvalue weighted by molar-refractivity contribution is 0.0686. The molecule has 0 atom stereocenters. The fourth-order valence-corrected chi connectivity index (χ4v) is 5.67. The highest BCUT2D eigenvalue weighted by Crippen LogP contribution is 2.30. The largest absolute Gasteiger partial charge is 0.506 e. The zero-order valence-electron chi connectivity index (χ0n) is 19.0. The molecule has 4 aromatic rings. The number of rotatable bonds is 8. The lowest BCUT2D eigenvalue weighted by Gasteiger charge is -2.12. The molecule has 6 N–H and O–H groups in total. The number of carboxylic acids is 2. The standard InChI is InChI=1S/C24H18N2O10S2/c27-21-11-14(23(29)30)3-7-19(21)25-37(33,34)17-5-1-13-2-6-18(10-16(13)9-17)38(35,36)26-20-8-4-15(24(31)32)12-22(20)28/h1-12,25-28H,(H,29,30)(H,31,32). The van der Waals surface area contributed by atoms with Gasteiger partial charge in [-0.1, -0.05) is 12.1 Å². The number of hydrogen-bond donors (Lipinski definition) is 6. The fraction of sp³-hybridized carbons (Fsp3) is 0. The number of benzene rings is 4. The van der Waals surface area contributed by atoms with Crippen LogP contribution in [0.3, 0.4) is 0 Å². The molecule has 4 rings (SSSR count). The normalized spacial score (nSPS) is 11.7. The molecule has 0 unspecified atom stereocenters. The van der Waals surface area contributed by atoms with Crippen molar-refractivity contribution in [2.24, 2.45) is 0 Å². The lowest BCUT2D eigenvalue weighted by atomic mass is 10.1. The number of aromatic hydroxyl groups is 2. The third-order valence-corrected chi connectivity index (χ3v) is 8.11. The van der Waals surface area contributed by atoms with E-state index in [4.69, 9.17) is 10.2 Å². The van der Waals surface area contributed by atoms with Gasteiger partial charge in [-0.3, -0.25) is 9.44 Å². The van der Waals surface area contributed by atoms with Gasteiger partial charge in [0.1, 0.15) is 11.5 Å². The fourth-order valence-electron chi connectivity index (χ4n) is 3.45. The molecule has 0 heterocycles. The molecule has 0 aliphatic rings. The summed E-state index contributed by atoms with van der Waals surface area (Å²) in [4.78, 5) is 21.5. The Bertz CT molecular complexity index is 1700. The van der Waals surface area contributed by atoms with Crippen LogP contribution in [0.1, 0.15) is 20.7 Å². The number of phenols is 2. The van der Waals surface area contributed by atoms with Gasteiger partial charge >= 0.3 is 11.9 Å². The van der Waals surface area contributed by atoms with Crippen molar-refractivity contribution in [1.29, 1.82) is 0 Å². The smallest absolute Gasteiger partial charge is 0.335 e. The van der Waals surface area contributed by atoms with Crippen molar-refractivity contribution >= 4 is 54.1 Å². The van der Waals surface area contributed by atoms with E-state index in [9.17, 15) is 36.6 Å². The summed E-state index contributed by atoms with van der Waals surface area (Å²) in [6.45, 7) is 0. The summed E-state index contributed by atoms with van der Waals surface area (Å²) in [7, 11) is -8.56. The average Bonchev–Trinajstić information content (AvgIpc) is 2.85. The number of hydrogen-bond acceptors (Lipinski definition) is 8. The van der Waals surface area contributed by atoms with E-state index >= 15 is 0 Å². The Morgan fingerprint density at radius 1 is 0.553 bits per heavy atom. The number of phenolic OH excluding ortho intramolecular Hbond substituents is 2. The van der Waals surface area contributed by atoms with Crippen molar-refractivity contribution in [2.75, 3.05) is 9.44 Å². The number of anilines is 2. The molecule has 0 amide bonds. The van der Waals surface area contributed by atoms with E-state index in [1.807, 2.05) is 0 Å². The second-order valence-corrected chi connectivity index (χ2v) is 11.3. The Morgan fingerprint density at radius 2 is 0.947 bits per heavy atom. The van der Waals surface area contributed by atoms with Gasteiger partial charge in [-0.15, -0.1) is 0 Å². The van der Waals surface area contributed by atoms with E-state index < -0.39 is 43.5 Å². The molecule has 4 aromatic carbocycles. The Kier molecular flexibility index (Phi) is 6.61. The third kappa shape index (κ3) is 5.30. The minimum absolute atomic E-state index is 0.228. The molecule has 196 valence electrons. The highest BCUT2D eigenvalue weighted by Gasteiger charge is 2.20. The van der Waals surface area contributed by atoms with Crippen LogP contribution in [0.15, 0.2) is 82.6 Å². The van der Waals surface area contributed by atoms with Crippen LogP contribution in [-0.2, 0) is 20.0 Å². The molecule has 14 heteroatoms. The first-order valence-corrected chi connectivity index (χ1v) is 13.5. The number of fused-ring (bicyclic) bond motifs is 1. The first-order chi connectivity index (χ1) is 17.8. The Hall–Kier alpha value is -4.82. The number of aromatic carboxylic acids is 2. The van der Waals surface area contributed by atoms with E-state index in [1.54, 1.807) is 0 Å². The molecule has 0 saturated heterocycles. The van der Waals surface area contributed by atoms with Crippen LogP contribution in [0.25, 0.3) is 10.8 Å². The van der Waals surface area contributed by atoms with Crippen LogP contribution in [0.5, 0.6) is 11.5 Å². The Labute approximate surface area is 215 Å². The zero-order chi connectivity index (χ0) is 27.8. The lowest BCUT2D eigenvalue weighted by Crippen LogP contribution is -2.14. The maximum atomic E-state index is 12.9. The summed E-state index contributed by atoms with van der Waals surface area (Å²) in [5, 5.41) is 38.7. The predicted octanol–water partition coefficient (Wildman–Crippen LogP) is 3.25. The van der Waals surface area contributed by atoms with Crippen LogP contribution >= 0.6 is 0 Å². The summed E-state index contributed by atoms with van der Waals surface area (Å²) >= 11 is 0. The highest BCUT2D eigenvalue weighted by molar-refractivity contribution is 7.93. The van der Waals surface area contributed by atoms with Gasteiger partial charge in [-0.25, -0.2) is 26.4 Å². The molecule has 12 nitrogen and oxygen atoms in total. The predicted molar refractivity (Wildman–Crippen MR) is 136 cm³/mol. The molecule has 0 aliphatic heterocycles. The van der Waals surface area contributed by atoms with Crippen molar-refractivity contribution in [3.8, 4) is 11.5 Å². The van der Waals surface area contributed by atoms with Crippen LogP contribution in [0, 0.1) is 0 Å². The topological polar surface area (TPSA) is 207 Å². The highest BCUT2D eigenvalue weighted by atomic mass is 32.2. The molecule has 0 fully saturated rings. The van der Waals surface area contributed by atoms with Gasteiger partial charge in [-0.2, -0.15) is 0 Å². The van der Waals surface area contributed by atoms with Gasteiger partial charge in [0.05, 0.1) is 32.3 Å². The quantitative estimate of drug-likeness (QED) is 0.174. The van der Waals surface area contributed by atoms with E-state index in [0.717, 1.165) is 36.4 Å². The maximum absolute atomic E-state index is 12.9. The molecule has 0 saturated carbocycles. The second kappa shape index (κ2) is 9.57. The van der Waals surface area contributed by atoms with Crippen LogP contribution in [0.4, 0.5) is 11.4 Å². The molecular formula is C24H18N2O10S2. The van der Waals surface area contributed by atoms with Gasteiger partial charge in [0.25, 0.3) is 20.0 Å². The molecule has 0 aliphatic carbocycles. The summed E-state index contributed by atoms with van der Waals surface area (Å²) < 4.78 is 56.0. The van der Waals surface area contributed by atoms with Crippen LogP contribution in [-0.4, -0.2) is 49.2 Å². The average molecular weight is 559 g/mol. The molecule has 0 spiro atoms. The van der Waals surface area contributed by atoms with Gasteiger partial charge in [0, 0.05) is 0 Å². The minimum atomic E-state index is -4.28. The van der Waals surface area contributed by atoms with E-state index in [2.05, 4.69) is 9.44 Å². The van der Waals surface area contributed by atoms with Crippen molar-refractivity contribution in [1.82, 2.24) is 0 Å². The SMILES string of the molecule is O=C(O)c1ccc(NS(=O)(=O)c2ccc3ccc(S(=O)(=O)Nc4ccc(C(=O)O)cc4O)cc3c2)c(O)c1. The summed E-state index contributed by atoms with van der Waals surface area (Å²) in [5.74, 6) is -3.82. The van der Waals surface area contributed by atoms with Gasteiger partial charge in [0.2, 0.25) is 0 Å². The zero-order valence-corrected chi connectivity index (χ0v) is 20.6. The molecular weight excluding hydrogens is 540 g/mol. The van der Waals surface area contributed by atoms with Crippen molar-refractivity contribution < 1.29 is 46.9 Å². The first-order valence-electron chi connectivity index (χ1n) is 10.5. The monoisotopic (exact) mass is 558 g/mol. The van der Waals surface area contributed by atoms with Gasteiger partial charge < -0.3 is 20.4 Å². The summed E-state index contributed by atoms with van der Waals surface area (Å²) in [5.41, 5.74) is -1.01. The number of carboxylic acid groups (broad SMARTS) is 2. The molecule has 0 radical (unpaired) electrons. The number of sulfonamides is 2. The number of carbonyl (C=O) groups is 2. The van der Waals surface area contributed by atoms with Crippen molar-refractivity contribution in [3.05, 3.63) is 83.9 Å². The summed E-state index contributed by atoms with van der Waals surface area (Å²) in [6.07, 6.45) is 0. The second-order valence-electron chi connectivity index (χ2n) is 7.96. The minimum Gasteiger partial charge on any atom is -0.506 e. The molecule has 38 heavy (non-hydrogen) atoms. The number of nitrogens with one attached hydrogen (secondary N) is 2. The Balaban J connectivity index is 1.65. The third-order valence-electron chi connectivity index (χ3n) is 5.38. The van der Waals surface area contributed by atoms with Gasteiger partial charge in [-0.05, 0) is 71.4 Å². The first kappa shape index (κ1) is 26.2. The molecule has 0 aromatic heterocycles. The van der Waals surface area contributed by atoms with Crippen molar-refractivity contribution in [3.63, 3.8) is 0 Å². The summed E-state index contributed by atoms with van der Waals surface area (Å²) in [6, 6.07) is 14.0. The maximum Gasteiger partial charge on any atom is 0.335 e. The van der Waals surface area contributed by atoms with Crippen LogP contribution in [0.2, 0.25) is 0 Å². The van der Waals surface area contributed by atoms with E-state index in [1.165, 1.54) is 36.4 Å². The van der Waals surface area contributed by atoms with E-state index in [0.29, 0.717) is 5.39 Å². The van der Waals surface area contributed by atoms with Crippen molar-refractivity contribution in [2.45, 2.75) is 9.79 Å². The van der Waals surface area contributed by atoms with Gasteiger partial charge in [0.15, 0.2) is 0 Å². The molecule has 0 bridgehead atoms.